The number of methoxy groups -OCH3 is 1. The maximum absolute atomic E-state index is 11.8. The van der Waals surface area contributed by atoms with Gasteiger partial charge in [-0.15, -0.1) is 0 Å². The zero-order valence-electron chi connectivity index (χ0n) is 13.6. The molecule has 0 radical (unpaired) electrons. The Balaban J connectivity index is 1.77. The number of esters is 1. The van der Waals surface area contributed by atoms with Crippen LogP contribution in [0.25, 0.3) is 0 Å². The molecule has 8 nitrogen and oxygen atoms in total. The van der Waals surface area contributed by atoms with Crippen molar-refractivity contribution >= 4 is 18.1 Å². The molecule has 1 N–H and O–H groups in total. The summed E-state index contributed by atoms with van der Waals surface area (Å²) in [5.41, 5.74) is 3.19. The van der Waals surface area contributed by atoms with E-state index in [0.29, 0.717) is 19.0 Å². The molecule has 0 atom stereocenters. The molecule has 2 rings (SSSR count). The molecule has 0 aromatic heterocycles. The number of rotatable bonds is 7. The first-order chi connectivity index (χ1) is 11.5. The first-order valence-electron chi connectivity index (χ1n) is 7.40. The molecule has 0 saturated carbocycles. The van der Waals surface area contributed by atoms with E-state index >= 15 is 0 Å². The third-order valence-electron chi connectivity index (χ3n) is 3.25. The van der Waals surface area contributed by atoms with Gasteiger partial charge in [-0.3, -0.25) is 4.79 Å². The van der Waals surface area contributed by atoms with Crippen molar-refractivity contribution in [1.82, 2.24) is 5.43 Å². The highest BCUT2D eigenvalue weighted by atomic mass is 16.7. The lowest BCUT2D eigenvalue weighted by Crippen LogP contribution is -2.33. The van der Waals surface area contributed by atoms with E-state index in [1.54, 1.807) is 31.2 Å². The number of hydrogen-bond donors (Lipinski definition) is 1. The lowest BCUT2D eigenvalue weighted by Gasteiger charge is -2.20. The number of hydrogen-bond acceptors (Lipinski definition) is 7. The quantitative estimate of drug-likeness (QED) is 0.450. The first kappa shape index (κ1) is 17.9. The smallest absolute Gasteiger partial charge is 0.343 e. The van der Waals surface area contributed by atoms with E-state index in [1.165, 1.54) is 13.3 Å². The summed E-state index contributed by atoms with van der Waals surface area (Å²) < 4.78 is 20.4. The molecular weight excluding hydrogens is 316 g/mol. The summed E-state index contributed by atoms with van der Waals surface area (Å²) in [7, 11) is 1.30. The fourth-order valence-electron chi connectivity index (χ4n) is 2.02. The summed E-state index contributed by atoms with van der Waals surface area (Å²) in [6, 6.07) is 6.86. The van der Waals surface area contributed by atoms with Gasteiger partial charge < -0.3 is 18.9 Å². The van der Waals surface area contributed by atoms with Gasteiger partial charge in [0.25, 0.3) is 0 Å². The number of nitrogens with zero attached hydrogens (tertiary/aromatic N) is 1. The molecule has 8 heteroatoms. The molecule has 0 spiro atoms. The molecule has 0 unspecified atom stereocenters. The number of carbonyl (C=O) groups is 2. The molecule has 1 aliphatic rings. The summed E-state index contributed by atoms with van der Waals surface area (Å²) in [5.74, 6) is -1.09. The Morgan fingerprint density at radius 3 is 2.58 bits per heavy atom. The highest BCUT2D eigenvalue weighted by Gasteiger charge is 2.33. The van der Waals surface area contributed by atoms with E-state index in [9.17, 15) is 9.59 Å². The Kier molecular flexibility index (Phi) is 6.28. The average molecular weight is 336 g/mol. The van der Waals surface area contributed by atoms with Crippen LogP contribution in [-0.2, 0) is 23.8 Å². The van der Waals surface area contributed by atoms with Gasteiger partial charge in [0.05, 0.1) is 33.0 Å². The molecule has 130 valence electrons. The monoisotopic (exact) mass is 336 g/mol. The van der Waals surface area contributed by atoms with E-state index in [-0.39, 0.29) is 18.9 Å². The highest BCUT2D eigenvalue weighted by Crippen LogP contribution is 2.22. The summed E-state index contributed by atoms with van der Waals surface area (Å²) in [5, 5.41) is 3.88. The SMILES string of the molecule is COC(=O)COc1ccc(/C=N\NC(=O)CC2(C)OCCO2)cc1. The van der Waals surface area contributed by atoms with Crippen LogP contribution in [0.2, 0.25) is 0 Å². The van der Waals surface area contributed by atoms with Crippen LogP contribution < -0.4 is 10.2 Å². The van der Waals surface area contributed by atoms with Crippen molar-refractivity contribution in [3.05, 3.63) is 29.8 Å². The fraction of sp³-hybridized carbons (Fsp3) is 0.438. The largest absolute Gasteiger partial charge is 0.482 e. The van der Waals surface area contributed by atoms with Crippen molar-refractivity contribution in [3.8, 4) is 5.75 Å². The normalized spacial score (nSPS) is 16.1. The maximum Gasteiger partial charge on any atom is 0.343 e. The summed E-state index contributed by atoms with van der Waals surface area (Å²) in [6.07, 6.45) is 1.57. The summed E-state index contributed by atoms with van der Waals surface area (Å²) in [6.45, 7) is 2.54. The minimum absolute atomic E-state index is 0.0741. The van der Waals surface area contributed by atoms with E-state index in [0.717, 1.165) is 5.56 Å². The van der Waals surface area contributed by atoms with Gasteiger partial charge in [0, 0.05) is 0 Å². The number of nitrogens with one attached hydrogen (secondary N) is 1. The summed E-state index contributed by atoms with van der Waals surface area (Å²) >= 11 is 0. The Labute approximate surface area is 139 Å². The van der Waals surface area contributed by atoms with Gasteiger partial charge in [-0.05, 0) is 36.8 Å². The number of benzene rings is 1. The Bertz CT molecular complexity index is 593. The van der Waals surface area contributed by atoms with Crippen molar-refractivity contribution in [1.29, 1.82) is 0 Å². The molecule has 1 saturated heterocycles. The minimum atomic E-state index is -0.877. The van der Waals surface area contributed by atoms with Crippen molar-refractivity contribution in [2.75, 3.05) is 26.9 Å². The first-order valence-corrected chi connectivity index (χ1v) is 7.40. The van der Waals surface area contributed by atoms with Crippen LogP contribution in [-0.4, -0.2) is 50.8 Å². The van der Waals surface area contributed by atoms with Gasteiger partial charge in [0.1, 0.15) is 5.75 Å². The van der Waals surface area contributed by atoms with Crippen molar-refractivity contribution in [2.24, 2.45) is 5.10 Å². The van der Waals surface area contributed by atoms with Crippen molar-refractivity contribution in [2.45, 2.75) is 19.1 Å². The molecule has 1 fully saturated rings. The average Bonchev–Trinajstić information content (AvgIpc) is 2.99. The molecule has 1 aromatic rings. The molecule has 1 aliphatic heterocycles. The molecular formula is C16H20N2O6. The van der Waals surface area contributed by atoms with Gasteiger partial charge in [0.15, 0.2) is 12.4 Å². The lowest BCUT2D eigenvalue weighted by molar-refractivity contribution is -0.159. The predicted molar refractivity (Wildman–Crippen MR) is 84.6 cm³/mol. The summed E-state index contributed by atoms with van der Waals surface area (Å²) in [4.78, 5) is 22.8. The van der Waals surface area contributed by atoms with Crippen LogP contribution in [0.5, 0.6) is 5.75 Å². The minimum Gasteiger partial charge on any atom is -0.482 e. The number of hydrazone groups is 1. The predicted octanol–water partition coefficient (Wildman–Crippen LogP) is 0.842. The van der Waals surface area contributed by atoms with Crippen LogP contribution in [0.4, 0.5) is 0 Å². The molecule has 1 amide bonds. The lowest BCUT2D eigenvalue weighted by atomic mass is 10.2. The fourth-order valence-corrected chi connectivity index (χ4v) is 2.02. The standard InChI is InChI=1S/C16H20N2O6/c1-16(23-7-8-24-16)9-14(19)18-17-10-12-3-5-13(6-4-12)22-11-15(20)21-2/h3-6,10H,7-9,11H2,1-2H3,(H,18,19)/b17-10-. The van der Waals surface area contributed by atoms with Gasteiger partial charge in [-0.1, -0.05) is 0 Å². The van der Waals surface area contributed by atoms with E-state index in [2.05, 4.69) is 15.3 Å². The Hall–Kier alpha value is -2.45. The van der Waals surface area contributed by atoms with E-state index < -0.39 is 11.8 Å². The molecule has 0 aliphatic carbocycles. The zero-order chi connectivity index (χ0) is 17.4. The second kappa shape index (κ2) is 8.42. The van der Waals surface area contributed by atoms with E-state index in [1.807, 2.05) is 0 Å². The molecule has 24 heavy (non-hydrogen) atoms. The van der Waals surface area contributed by atoms with Crippen LogP contribution in [0.15, 0.2) is 29.4 Å². The Morgan fingerprint density at radius 2 is 1.96 bits per heavy atom. The number of carbonyl (C=O) groups excluding carboxylic acids is 2. The van der Waals surface area contributed by atoms with Gasteiger partial charge in [-0.25, -0.2) is 10.2 Å². The van der Waals surface area contributed by atoms with Crippen molar-refractivity contribution < 1.29 is 28.5 Å². The zero-order valence-corrected chi connectivity index (χ0v) is 13.6. The van der Waals surface area contributed by atoms with Crippen LogP contribution in [0.1, 0.15) is 18.9 Å². The van der Waals surface area contributed by atoms with Crippen LogP contribution >= 0.6 is 0 Å². The van der Waals surface area contributed by atoms with E-state index in [4.69, 9.17) is 14.2 Å². The Morgan fingerprint density at radius 1 is 1.29 bits per heavy atom. The molecule has 0 bridgehead atoms. The molecule has 1 aromatic carbocycles. The van der Waals surface area contributed by atoms with Gasteiger partial charge in [0.2, 0.25) is 5.91 Å². The van der Waals surface area contributed by atoms with Gasteiger partial charge >= 0.3 is 5.97 Å². The molecule has 1 heterocycles. The third kappa shape index (κ3) is 5.64. The maximum atomic E-state index is 11.8. The van der Waals surface area contributed by atoms with Gasteiger partial charge in [-0.2, -0.15) is 5.10 Å². The number of amides is 1. The van der Waals surface area contributed by atoms with Crippen molar-refractivity contribution in [3.63, 3.8) is 0 Å². The third-order valence-corrected chi connectivity index (χ3v) is 3.25. The second-order valence-electron chi connectivity index (χ2n) is 5.23. The van der Waals surface area contributed by atoms with Crippen LogP contribution in [0, 0.1) is 0 Å². The highest BCUT2D eigenvalue weighted by molar-refractivity contribution is 5.82. The topological polar surface area (TPSA) is 95.5 Å². The number of ether oxygens (including phenoxy) is 4. The second-order valence-corrected chi connectivity index (χ2v) is 5.23. The van der Waals surface area contributed by atoms with Crippen LogP contribution in [0.3, 0.4) is 0 Å².